The summed E-state index contributed by atoms with van der Waals surface area (Å²) in [7, 11) is 0. The van der Waals surface area contributed by atoms with Crippen molar-refractivity contribution in [2.75, 3.05) is 13.1 Å². The van der Waals surface area contributed by atoms with Crippen LogP contribution in [0.3, 0.4) is 0 Å². The Hall–Kier alpha value is -1.08. The van der Waals surface area contributed by atoms with Gasteiger partial charge in [0.05, 0.1) is 6.07 Å². The monoisotopic (exact) mass is 196 g/mol. The minimum Gasteiger partial charge on any atom is -0.480 e. The van der Waals surface area contributed by atoms with Gasteiger partial charge >= 0.3 is 5.97 Å². The first-order valence-electron chi connectivity index (χ1n) is 4.96. The van der Waals surface area contributed by atoms with E-state index in [4.69, 9.17) is 10.4 Å². The standard InChI is InChI=1S/C10H16N2O2/c1-10(9(13)14)5-2-3-7-12(10)8-4-6-11/h2-5,7-8H2,1H3,(H,13,14). The van der Waals surface area contributed by atoms with Crippen LogP contribution in [0.15, 0.2) is 0 Å². The van der Waals surface area contributed by atoms with E-state index in [1.54, 1.807) is 6.92 Å². The van der Waals surface area contributed by atoms with Crippen LogP contribution in [0.5, 0.6) is 0 Å². The molecule has 4 heteroatoms. The van der Waals surface area contributed by atoms with Crippen molar-refractivity contribution in [2.24, 2.45) is 0 Å². The normalized spacial score (nSPS) is 28.3. The van der Waals surface area contributed by atoms with Gasteiger partial charge in [-0.2, -0.15) is 5.26 Å². The van der Waals surface area contributed by atoms with Crippen LogP contribution in [0.25, 0.3) is 0 Å². The highest BCUT2D eigenvalue weighted by molar-refractivity contribution is 5.78. The number of carboxylic acid groups (broad SMARTS) is 1. The van der Waals surface area contributed by atoms with Gasteiger partial charge in [0.25, 0.3) is 0 Å². The second-order valence-corrected chi connectivity index (χ2v) is 3.93. The van der Waals surface area contributed by atoms with Crippen LogP contribution in [-0.2, 0) is 4.79 Å². The number of rotatable bonds is 3. The summed E-state index contributed by atoms with van der Waals surface area (Å²) in [5.74, 6) is -0.768. The van der Waals surface area contributed by atoms with Gasteiger partial charge in [-0.15, -0.1) is 0 Å². The van der Waals surface area contributed by atoms with Crippen molar-refractivity contribution in [3.8, 4) is 6.07 Å². The molecule has 1 unspecified atom stereocenters. The van der Waals surface area contributed by atoms with Gasteiger partial charge in [-0.25, -0.2) is 0 Å². The maximum Gasteiger partial charge on any atom is 0.323 e. The molecule has 1 atom stereocenters. The first-order valence-corrected chi connectivity index (χ1v) is 4.96. The minimum absolute atomic E-state index is 0.406. The van der Waals surface area contributed by atoms with Crippen molar-refractivity contribution in [1.82, 2.24) is 4.90 Å². The average molecular weight is 196 g/mol. The van der Waals surface area contributed by atoms with Crippen LogP contribution in [0.1, 0.15) is 32.6 Å². The molecule has 14 heavy (non-hydrogen) atoms. The van der Waals surface area contributed by atoms with Crippen LogP contribution in [-0.4, -0.2) is 34.6 Å². The van der Waals surface area contributed by atoms with Crippen LogP contribution < -0.4 is 0 Å². The molecule has 0 aromatic carbocycles. The summed E-state index contributed by atoms with van der Waals surface area (Å²) < 4.78 is 0. The fourth-order valence-electron chi connectivity index (χ4n) is 1.96. The van der Waals surface area contributed by atoms with Crippen molar-refractivity contribution < 1.29 is 9.90 Å². The molecule has 0 aromatic heterocycles. The van der Waals surface area contributed by atoms with Crippen LogP contribution in [0.4, 0.5) is 0 Å². The third-order valence-electron chi connectivity index (χ3n) is 2.99. The van der Waals surface area contributed by atoms with Crippen molar-refractivity contribution in [3.63, 3.8) is 0 Å². The molecule has 1 rings (SSSR count). The number of likely N-dealkylation sites (tertiary alicyclic amines) is 1. The number of nitrogens with zero attached hydrogens (tertiary/aromatic N) is 2. The second-order valence-electron chi connectivity index (χ2n) is 3.93. The van der Waals surface area contributed by atoms with Crippen LogP contribution in [0.2, 0.25) is 0 Å². The minimum atomic E-state index is -0.768. The third kappa shape index (κ3) is 2.05. The molecular formula is C10H16N2O2. The molecular weight excluding hydrogens is 180 g/mol. The van der Waals surface area contributed by atoms with Crippen molar-refractivity contribution in [3.05, 3.63) is 0 Å². The van der Waals surface area contributed by atoms with Crippen molar-refractivity contribution >= 4 is 5.97 Å². The van der Waals surface area contributed by atoms with E-state index in [0.29, 0.717) is 19.4 Å². The van der Waals surface area contributed by atoms with Crippen molar-refractivity contribution in [2.45, 2.75) is 38.1 Å². The molecule has 0 saturated carbocycles. The maximum atomic E-state index is 11.1. The average Bonchev–Trinajstić information content (AvgIpc) is 2.16. The molecule has 1 heterocycles. The molecule has 0 aromatic rings. The lowest BCUT2D eigenvalue weighted by Crippen LogP contribution is -2.55. The van der Waals surface area contributed by atoms with E-state index in [1.807, 2.05) is 4.90 Å². The van der Waals surface area contributed by atoms with Gasteiger partial charge in [0.1, 0.15) is 5.54 Å². The number of hydrogen-bond donors (Lipinski definition) is 1. The van der Waals surface area contributed by atoms with E-state index in [2.05, 4.69) is 6.07 Å². The summed E-state index contributed by atoms with van der Waals surface area (Å²) in [5.41, 5.74) is -0.755. The summed E-state index contributed by atoms with van der Waals surface area (Å²) in [4.78, 5) is 13.0. The number of hydrogen-bond acceptors (Lipinski definition) is 3. The van der Waals surface area contributed by atoms with E-state index < -0.39 is 11.5 Å². The summed E-state index contributed by atoms with van der Waals surface area (Å²) in [5, 5.41) is 17.6. The Balaban J connectivity index is 2.68. The first-order chi connectivity index (χ1) is 6.61. The number of nitriles is 1. The van der Waals surface area contributed by atoms with Crippen molar-refractivity contribution in [1.29, 1.82) is 5.26 Å². The Morgan fingerprint density at radius 2 is 2.36 bits per heavy atom. The molecule has 1 N–H and O–H groups in total. The van der Waals surface area contributed by atoms with Crippen LogP contribution >= 0.6 is 0 Å². The van der Waals surface area contributed by atoms with Gasteiger partial charge in [-0.3, -0.25) is 9.69 Å². The molecule has 0 aliphatic carbocycles. The van der Waals surface area contributed by atoms with Gasteiger partial charge in [0.15, 0.2) is 0 Å². The van der Waals surface area contributed by atoms with Crippen LogP contribution in [0, 0.1) is 11.3 Å². The first kappa shape index (κ1) is 11.0. The summed E-state index contributed by atoms with van der Waals surface area (Å²) >= 11 is 0. The van der Waals surface area contributed by atoms with E-state index in [1.165, 1.54) is 0 Å². The van der Waals surface area contributed by atoms with Gasteiger partial charge in [0, 0.05) is 13.0 Å². The molecule has 0 radical (unpaired) electrons. The summed E-state index contributed by atoms with van der Waals surface area (Å²) in [6.45, 7) is 3.12. The zero-order valence-electron chi connectivity index (χ0n) is 8.49. The predicted octanol–water partition coefficient (Wildman–Crippen LogP) is 1.23. The Morgan fingerprint density at radius 1 is 1.64 bits per heavy atom. The van der Waals surface area contributed by atoms with E-state index in [0.717, 1.165) is 19.4 Å². The lowest BCUT2D eigenvalue weighted by atomic mass is 9.88. The number of carbonyl (C=O) groups is 1. The quantitative estimate of drug-likeness (QED) is 0.737. The fourth-order valence-corrected chi connectivity index (χ4v) is 1.96. The molecule has 1 saturated heterocycles. The molecule has 0 bridgehead atoms. The molecule has 1 fully saturated rings. The Labute approximate surface area is 84.1 Å². The zero-order valence-corrected chi connectivity index (χ0v) is 8.49. The van der Waals surface area contributed by atoms with E-state index in [9.17, 15) is 4.79 Å². The third-order valence-corrected chi connectivity index (χ3v) is 2.99. The Morgan fingerprint density at radius 3 is 2.93 bits per heavy atom. The highest BCUT2D eigenvalue weighted by Crippen LogP contribution is 2.28. The number of aliphatic carboxylic acids is 1. The largest absolute Gasteiger partial charge is 0.480 e. The highest BCUT2D eigenvalue weighted by Gasteiger charge is 2.40. The molecule has 78 valence electrons. The van der Waals surface area contributed by atoms with Gasteiger partial charge in [-0.05, 0) is 32.7 Å². The molecule has 0 spiro atoms. The van der Waals surface area contributed by atoms with Gasteiger partial charge in [0.2, 0.25) is 0 Å². The topological polar surface area (TPSA) is 64.3 Å². The zero-order chi connectivity index (χ0) is 10.6. The predicted molar refractivity (Wildman–Crippen MR) is 51.7 cm³/mol. The lowest BCUT2D eigenvalue weighted by molar-refractivity contribution is -0.152. The molecule has 1 aliphatic rings. The smallest absolute Gasteiger partial charge is 0.323 e. The Bertz CT molecular complexity index is 259. The molecule has 4 nitrogen and oxygen atoms in total. The van der Waals surface area contributed by atoms with Gasteiger partial charge in [-0.1, -0.05) is 0 Å². The fraction of sp³-hybridized carbons (Fsp3) is 0.800. The maximum absolute atomic E-state index is 11.1. The second kappa shape index (κ2) is 4.43. The molecule has 0 amide bonds. The van der Waals surface area contributed by atoms with E-state index >= 15 is 0 Å². The summed E-state index contributed by atoms with van der Waals surface area (Å²) in [6, 6.07) is 2.06. The lowest BCUT2D eigenvalue weighted by Gasteiger charge is -2.41. The van der Waals surface area contributed by atoms with Gasteiger partial charge < -0.3 is 5.11 Å². The molecule has 1 aliphatic heterocycles. The number of piperidine rings is 1. The highest BCUT2D eigenvalue weighted by atomic mass is 16.4. The summed E-state index contributed by atoms with van der Waals surface area (Å²) in [6.07, 6.45) is 3.09. The Kier molecular flexibility index (Phi) is 3.48. The number of carboxylic acids is 1. The SMILES string of the molecule is CC1(C(=O)O)CCCCN1CCC#N. The van der Waals surface area contributed by atoms with E-state index in [-0.39, 0.29) is 0 Å².